The Morgan fingerprint density at radius 3 is 2.21 bits per heavy atom. The fourth-order valence-corrected chi connectivity index (χ4v) is 2.24. The molecule has 132 valence electrons. The smallest absolute Gasteiger partial charge is 0.303 e. The molecule has 24 heavy (non-hydrogen) atoms. The third-order valence-electron chi connectivity index (χ3n) is 3.49. The van der Waals surface area contributed by atoms with Crippen LogP contribution in [0.15, 0.2) is 24.3 Å². The lowest BCUT2D eigenvalue weighted by atomic mass is 10.0. The van der Waals surface area contributed by atoms with Crippen LogP contribution in [0, 0.1) is 11.8 Å². The van der Waals surface area contributed by atoms with Crippen LogP contribution in [0.3, 0.4) is 0 Å². The highest BCUT2D eigenvalue weighted by atomic mass is 35.5. The molecule has 0 saturated heterocycles. The summed E-state index contributed by atoms with van der Waals surface area (Å²) in [5, 5.41) is 14.7. The van der Waals surface area contributed by atoms with E-state index < -0.39 is 12.0 Å². The molecule has 1 aromatic rings. The third kappa shape index (κ3) is 6.58. The summed E-state index contributed by atoms with van der Waals surface area (Å²) in [5.41, 5.74) is 0.414. The molecular formula is C17H23ClN2O4. The fraction of sp³-hybridized carbons (Fsp3) is 0.471. The Hall–Kier alpha value is -2.08. The quantitative estimate of drug-likeness (QED) is 0.667. The Kier molecular flexibility index (Phi) is 7.71. The largest absolute Gasteiger partial charge is 0.481 e. The van der Waals surface area contributed by atoms with Crippen molar-refractivity contribution in [1.29, 1.82) is 0 Å². The fourth-order valence-electron chi connectivity index (χ4n) is 2.12. The Morgan fingerprint density at radius 1 is 1.12 bits per heavy atom. The summed E-state index contributed by atoms with van der Waals surface area (Å²) < 4.78 is 0. The first-order valence-corrected chi connectivity index (χ1v) is 8.14. The predicted octanol–water partition coefficient (Wildman–Crippen LogP) is 2.32. The Balaban J connectivity index is 2.65. The minimum atomic E-state index is -0.909. The van der Waals surface area contributed by atoms with Gasteiger partial charge in [-0.15, -0.1) is 0 Å². The summed E-state index contributed by atoms with van der Waals surface area (Å²) >= 11 is 5.79. The molecule has 2 atom stereocenters. The number of amides is 2. The Bertz CT molecular complexity index is 587. The molecule has 0 bridgehead atoms. The number of carboxylic acids is 1. The van der Waals surface area contributed by atoms with Gasteiger partial charge < -0.3 is 15.7 Å². The number of carbonyl (C=O) groups is 3. The maximum atomic E-state index is 12.3. The maximum absolute atomic E-state index is 12.3. The van der Waals surface area contributed by atoms with Crippen molar-refractivity contribution in [1.82, 2.24) is 10.6 Å². The molecular weight excluding hydrogens is 332 g/mol. The molecule has 0 aliphatic heterocycles. The molecule has 0 spiro atoms. The van der Waals surface area contributed by atoms with Crippen molar-refractivity contribution >= 4 is 29.4 Å². The monoisotopic (exact) mass is 354 g/mol. The summed E-state index contributed by atoms with van der Waals surface area (Å²) in [6.45, 7) is 5.64. The van der Waals surface area contributed by atoms with Crippen LogP contribution in [0.1, 0.15) is 37.6 Å². The van der Waals surface area contributed by atoms with Gasteiger partial charge in [-0.3, -0.25) is 14.4 Å². The minimum absolute atomic E-state index is 0.0240. The van der Waals surface area contributed by atoms with Gasteiger partial charge in [0.25, 0.3) is 5.91 Å². The second kappa shape index (κ2) is 9.27. The molecule has 2 amide bonds. The van der Waals surface area contributed by atoms with E-state index in [1.165, 1.54) is 0 Å². The number of rotatable bonds is 8. The first kappa shape index (κ1) is 20.0. The van der Waals surface area contributed by atoms with Gasteiger partial charge in [-0.25, -0.2) is 0 Å². The summed E-state index contributed by atoms with van der Waals surface area (Å²) in [6, 6.07) is 5.68. The van der Waals surface area contributed by atoms with Crippen molar-refractivity contribution in [3.63, 3.8) is 0 Å². The predicted molar refractivity (Wildman–Crippen MR) is 92.0 cm³/mol. The molecule has 7 heteroatoms. The van der Waals surface area contributed by atoms with Crippen LogP contribution in [0.5, 0.6) is 0 Å². The van der Waals surface area contributed by atoms with E-state index in [9.17, 15) is 14.4 Å². The van der Waals surface area contributed by atoms with Crippen LogP contribution in [0.25, 0.3) is 0 Å². The van der Waals surface area contributed by atoms with Gasteiger partial charge in [-0.2, -0.15) is 0 Å². The van der Waals surface area contributed by atoms with E-state index in [1.807, 2.05) is 13.8 Å². The molecule has 0 radical (unpaired) electrons. The molecule has 1 aromatic carbocycles. The zero-order valence-corrected chi connectivity index (χ0v) is 14.8. The van der Waals surface area contributed by atoms with Gasteiger partial charge >= 0.3 is 5.97 Å². The van der Waals surface area contributed by atoms with Crippen molar-refractivity contribution in [2.75, 3.05) is 6.54 Å². The summed E-state index contributed by atoms with van der Waals surface area (Å²) in [5.74, 6) is -1.90. The second-order valence-corrected chi connectivity index (χ2v) is 6.59. The molecule has 6 nitrogen and oxygen atoms in total. The molecule has 2 unspecified atom stereocenters. The van der Waals surface area contributed by atoms with E-state index in [2.05, 4.69) is 10.6 Å². The lowest BCUT2D eigenvalue weighted by Crippen LogP contribution is -2.50. The van der Waals surface area contributed by atoms with Crippen molar-refractivity contribution in [3.8, 4) is 0 Å². The number of aliphatic carboxylic acids is 1. The second-order valence-electron chi connectivity index (χ2n) is 6.15. The Morgan fingerprint density at radius 2 is 1.71 bits per heavy atom. The number of carbonyl (C=O) groups excluding carboxylic acids is 2. The number of benzene rings is 1. The van der Waals surface area contributed by atoms with Crippen LogP contribution in [-0.2, 0) is 9.59 Å². The standard InChI is InChI=1S/C17H23ClN2O4/c1-10(2)15(17(24)19-9-11(3)8-14(21)22)20-16(23)12-4-6-13(18)7-5-12/h4-7,10-11,15H,8-9H2,1-3H3,(H,19,24)(H,20,23)(H,21,22). The average Bonchev–Trinajstić information content (AvgIpc) is 2.49. The van der Waals surface area contributed by atoms with E-state index in [0.717, 1.165) is 0 Å². The highest BCUT2D eigenvalue weighted by Crippen LogP contribution is 2.11. The lowest BCUT2D eigenvalue weighted by Gasteiger charge is -2.22. The van der Waals surface area contributed by atoms with Gasteiger partial charge in [0, 0.05) is 23.6 Å². The van der Waals surface area contributed by atoms with E-state index in [-0.39, 0.29) is 36.6 Å². The number of hydrogen-bond donors (Lipinski definition) is 3. The van der Waals surface area contributed by atoms with Gasteiger partial charge in [0.05, 0.1) is 0 Å². The van der Waals surface area contributed by atoms with Crippen LogP contribution >= 0.6 is 11.6 Å². The SMILES string of the molecule is CC(CNC(=O)C(NC(=O)c1ccc(Cl)cc1)C(C)C)CC(=O)O. The molecule has 0 fully saturated rings. The molecule has 3 N–H and O–H groups in total. The van der Waals surface area contributed by atoms with Crippen LogP contribution in [0.2, 0.25) is 5.02 Å². The topological polar surface area (TPSA) is 95.5 Å². The van der Waals surface area contributed by atoms with Crippen molar-refractivity contribution in [2.24, 2.45) is 11.8 Å². The number of hydrogen-bond acceptors (Lipinski definition) is 3. The van der Waals surface area contributed by atoms with Crippen LogP contribution in [-0.4, -0.2) is 35.5 Å². The van der Waals surface area contributed by atoms with Crippen molar-refractivity contribution in [2.45, 2.75) is 33.2 Å². The normalized spacial score (nSPS) is 13.2. The summed E-state index contributed by atoms with van der Waals surface area (Å²) in [4.78, 5) is 35.2. The van der Waals surface area contributed by atoms with Gasteiger partial charge in [-0.1, -0.05) is 32.4 Å². The number of nitrogens with one attached hydrogen (secondary N) is 2. The van der Waals surface area contributed by atoms with Crippen LogP contribution < -0.4 is 10.6 Å². The molecule has 0 aliphatic carbocycles. The number of halogens is 1. The van der Waals surface area contributed by atoms with Gasteiger partial charge in [0.2, 0.25) is 5.91 Å². The highest BCUT2D eigenvalue weighted by molar-refractivity contribution is 6.30. The van der Waals surface area contributed by atoms with Crippen LogP contribution in [0.4, 0.5) is 0 Å². The van der Waals surface area contributed by atoms with E-state index in [4.69, 9.17) is 16.7 Å². The summed E-state index contributed by atoms with van der Waals surface area (Å²) in [7, 11) is 0. The molecule has 1 rings (SSSR count). The zero-order chi connectivity index (χ0) is 18.3. The first-order chi connectivity index (χ1) is 11.2. The number of carboxylic acid groups (broad SMARTS) is 1. The summed E-state index contributed by atoms with van der Waals surface area (Å²) in [6.07, 6.45) is -0.0240. The van der Waals surface area contributed by atoms with Gasteiger partial charge in [0.15, 0.2) is 0 Å². The third-order valence-corrected chi connectivity index (χ3v) is 3.74. The van der Waals surface area contributed by atoms with E-state index in [1.54, 1.807) is 31.2 Å². The van der Waals surface area contributed by atoms with Crippen molar-refractivity contribution in [3.05, 3.63) is 34.9 Å². The molecule has 0 saturated carbocycles. The molecule has 0 aliphatic rings. The van der Waals surface area contributed by atoms with Gasteiger partial charge in [-0.05, 0) is 36.1 Å². The first-order valence-electron chi connectivity index (χ1n) is 7.76. The average molecular weight is 355 g/mol. The maximum Gasteiger partial charge on any atom is 0.303 e. The van der Waals surface area contributed by atoms with Gasteiger partial charge in [0.1, 0.15) is 6.04 Å². The Labute approximate surface area is 146 Å². The molecule has 0 heterocycles. The van der Waals surface area contributed by atoms with E-state index >= 15 is 0 Å². The zero-order valence-electron chi connectivity index (χ0n) is 14.0. The lowest BCUT2D eigenvalue weighted by molar-refractivity contribution is -0.138. The van der Waals surface area contributed by atoms with Crippen molar-refractivity contribution < 1.29 is 19.5 Å². The van der Waals surface area contributed by atoms with E-state index in [0.29, 0.717) is 10.6 Å². The molecule has 0 aromatic heterocycles. The highest BCUT2D eigenvalue weighted by Gasteiger charge is 2.25. The minimum Gasteiger partial charge on any atom is -0.481 e.